The van der Waals surface area contributed by atoms with E-state index >= 15 is 0 Å². The van der Waals surface area contributed by atoms with Gasteiger partial charge in [0.05, 0.1) is 28.3 Å². The highest BCUT2D eigenvalue weighted by atomic mass is 15.2. The molecule has 1 aliphatic rings. The van der Waals surface area contributed by atoms with Crippen molar-refractivity contribution in [2.24, 2.45) is 0 Å². The average Bonchev–Trinajstić information content (AvgIpc) is 3.51. The Labute approximate surface area is 303 Å². The Kier molecular flexibility index (Phi) is 7.14. The minimum absolute atomic E-state index is 0.866. The Hall–Kier alpha value is -6.97. The molecule has 0 spiro atoms. The third-order valence-electron chi connectivity index (χ3n) is 10.1. The predicted molar refractivity (Wildman–Crippen MR) is 216 cm³/mol. The van der Waals surface area contributed by atoms with Crippen LogP contribution in [-0.2, 0) is 0 Å². The highest BCUT2D eigenvalue weighted by Crippen LogP contribution is 2.55. The maximum atomic E-state index is 5.46. The lowest BCUT2D eigenvalue weighted by Crippen LogP contribution is -2.13. The topological polar surface area (TPSA) is 21.1 Å². The van der Waals surface area contributed by atoms with Gasteiger partial charge in [-0.15, -0.1) is 0 Å². The fourth-order valence-electron chi connectivity index (χ4n) is 7.86. The second-order valence-corrected chi connectivity index (χ2v) is 13.2. The molecule has 2 aromatic heterocycles. The summed E-state index contributed by atoms with van der Waals surface area (Å²) >= 11 is 0. The molecule has 3 nitrogen and oxygen atoms in total. The van der Waals surface area contributed by atoms with E-state index in [9.17, 15) is 0 Å². The van der Waals surface area contributed by atoms with Gasteiger partial charge in [-0.05, 0) is 53.1 Å². The summed E-state index contributed by atoms with van der Waals surface area (Å²) in [6.45, 7) is 0. The van der Waals surface area contributed by atoms with Gasteiger partial charge < -0.3 is 4.57 Å². The molecule has 0 fully saturated rings. The molecule has 0 unspecified atom stereocenters. The van der Waals surface area contributed by atoms with Crippen molar-refractivity contribution in [2.45, 2.75) is 0 Å². The van der Waals surface area contributed by atoms with E-state index in [1.807, 2.05) is 0 Å². The van der Waals surface area contributed by atoms with Crippen LogP contribution in [0.5, 0.6) is 0 Å². The van der Waals surface area contributed by atoms with E-state index in [1.165, 1.54) is 27.6 Å². The van der Waals surface area contributed by atoms with Crippen LogP contribution in [-0.4, -0.2) is 9.55 Å². The molecule has 3 heterocycles. The average molecular weight is 664 g/mol. The van der Waals surface area contributed by atoms with Gasteiger partial charge in [-0.2, -0.15) is 0 Å². The van der Waals surface area contributed by atoms with Crippen molar-refractivity contribution in [2.75, 3.05) is 4.90 Å². The van der Waals surface area contributed by atoms with E-state index in [0.29, 0.717) is 0 Å². The standard InChI is InChI=1S/C49H33N3/c1-5-18-34(19-6-1)37-32-43(36-22-9-3-10-23-36)50-46(33-37)52-44-30-15-13-26-40(44)47-42-29-17-28-39(35-20-7-2-8-21-35)48(42)51(38-24-11-4-12-25-38)49(47)41-27-14-16-31-45(41)52/h1-33H. The third-order valence-corrected chi connectivity index (χ3v) is 10.1. The van der Waals surface area contributed by atoms with E-state index in [-0.39, 0.29) is 0 Å². The minimum atomic E-state index is 0.866. The summed E-state index contributed by atoms with van der Waals surface area (Å²) in [6.07, 6.45) is 0. The van der Waals surface area contributed by atoms with E-state index < -0.39 is 0 Å². The molecular formula is C49H33N3. The van der Waals surface area contributed by atoms with Gasteiger partial charge in [-0.3, -0.25) is 4.90 Å². The number of benzene rings is 7. The van der Waals surface area contributed by atoms with E-state index in [1.54, 1.807) is 0 Å². The van der Waals surface area contributed by atoms with Crippen molar-refractivity contribution >= 4 is 28.1 Å². The summed E-state index contributed by atoms with van der Waals surface area (Å²) in [6, 6.07) is 71.5. The highest BCUT2D eigenvalue weighted by molar-refractivity contribution is 6.15. The van der Waals surface area contributed by atoms with Crippen LogP contribution in [0.25, 0.3) is 72.5 Å². The molecule has 0 N–H and O–H groups in total. The number of nitrogens with zero attached hydrogens (tertiary/aromatic N) is 3. The predicted octanol–water partition coefficient (Wildman–Crippen LogP) is 13.1. The van der Waals surface area contributed by atoms with Gasteiger partial charge in [0.1, 0.15) is 5.82 Å². The smallest absolute Gasteiger partial charge is 0.138 e. The molecule has 244 valence electrons. The maximum Gasteiger partial charge on any atom is 0.138 e. The lowest BCUT2D eigenvalue weighted by Gasteiger charge is -2.27. The summed E-state index contributed by atoms with van der Waals surface area (Å²) in [5.41, 5.74) is 15.8. The Morgan fingerprint density at radius 2 is 0.923 bits per heavy atom. The van der Waals surface area contributed by atoms with Crippen LogP contribution in [0.15, 0.2) is 200 Å². The minimum Gasteiger partial charge on any atom is -0.308 e. The normalized spacial score (nSPS) is 11.8. The lowest BCUT2D eigenvalue weighted by molar-refractivity contribution is 1.13. The first-order valence-electron chi connectivity index (χ1n) is 17.7. The maximum absolute atomic E-state index is 5.46. The SMILES string of the molecule is c1ccc(-c2cc(-c3ccccc3)nc(N3c4ccccc4-c4c(n(-c5ccccc5)c5c(-c6ccccc6)cccc45)-c4ccccc43)c2)cc1. The third kappa shape index (κ3) is 4.86. The van der Waals surface area contributed by atoms with Crippen LogP contribution in [0.4, 0.5) is 17.2 Å². The number of hydrogen-bond acceptors (Lipinski definition) is 2. The molecule has 7 aromatic carbocycles. The molecule has 0 aliphatic carbocycles. The largest absolute Gasteiger partial charge is 0.308 e. The number of para-hydroxylation sites is 4. The van der Waals surface area contributed by atoms with Gasteiger partial charge in [0.2, 0.25) is 0 Å². The zero-order valence-electron chi connectivity index (χ0n) is 28.4. The highest BCUT2D eigenvalue weighted by Gasteiger charge is 2.32. The monoisotopic (exact) mass is 663 g/mol. The second-order valence-electron chi connectivity index (χ2n) is 13.2. The Morgan fingerprint density at radius 3 is 1.62 bits per heavy atom. The number of aromatic nitrogens is 2. The number of rotatable bonds is 5. The summed E-state index contributed by atoms with van der Waals surface area (Å²) in [7, 11) is 0. The summed E-state index contributed by atoms with van der Waals surface area (Å²) in [5, 5.41) is 1.21. The van der Waals surface area contributed by atoms with Gasteiger partial charge >= 0.3 is 0 Å². The lowest BCUT2D eigenvalue weighted by atomic mass is 9.96. The first-order chi connectivity index (χ1) is 25.8. The molecule has 0 amide bonds. The van der Waals surface area contributed by atoms with Crippen LogP contribution in [0.2, 0.25) is 0 Å². The number of fused-ring (bicyclic) bond motifs is 7. The summed E-state index contributed by atoms with van der Waals surface area (Å²) in [4.78, 5) is 7.82. The number of pyridine rings is 1. The zero-order valence-corrected chi connectivity index (χ0v) is 28.4. The van der Waals surface area contributed by atoms with Crippen molar-refractivity contribution in [3.05, 3.63) is 200 Å². The molecule has 3 heteroatoms. The fourth-order valence-corrected chi connectivity index (χ4v) is 7.86. The van der Waals surface area contributed by atoms with Gasteiger partial charge in [0.25, 0.3) is 0 Å². The fraction of sp³-hybridized carbons (Fsp3) is 0. The Morgan fingerprint density at radius 1 is 0.385 bits per heavy atom. The van der Waals surface area contributed by atoms with Crippen LogP contribution < -0.4 is 4.90 Å². The Balaban J connectivity index is 1.32. The van der Waals surface area contributed by atoms with Crippen molar-refractivity contribution in [1.29, 1.82) is 0 Å². The van der Waals surface area contributed by atoms with Crippen molar-refractivity contribution in [3.8, 4) is 61.6 Å². The first-order valence-corrected chi connectivity index (χ1v) is 17.7. The zero-order chi connectivity index (χ0) is 34.4. The van der Waals surface area contributed by atoms with Gasteiger partial charge in [-0.1, -0.05) is 164 Å². The Bertz CT molecular complexity index is 2660. The van der Waals surface area contributed by atoms with Crippen molar-refractivity contribution in [3.63, 3.8) is 0 Å². The summed E-state index contributed by atoms with van der Waals surface area (Å²) in [5.74, 6) is 0.866. The molecule has 0 atom stereocenters. The van der Waals surface area contributed by atoms with Crippen LogP contribution >= 0.6 is 0 Å². The van der Waals surface area contributed by atoms with Crippen LogP contribution in [0.1, 0.15) is 0 Å². The number of anilines is 3. The summed E-state index contributed by atoms with van der Waals surface area (Å²) < 4.78 is 2.48. The first kappa shape index (κ1) is 29.9. The molecule has 1 aliphatic heterocycles. The molecule has 9 aromatic rings. The van der Waals surface area contributed by atoms with Crippen LogP contribution in [0, 0.1) is 0 Å². The quantitative estimate of drug-likeness (QED) is 0.183. The molecule has 0 radical (unpaired) electrons. The van der Waals surface area contributed by atoms with Crippen LogP contribution in [0.3, 0.4) is 0 Å². The number of hydrogen-bond donors (Lipinski definition) is 0. The van der Waals surface area contributed by atoms with Gasteiger partial charge in [-0.25, -0.2) is 4.98 Å². The van der Waals surface area contributed by atoms with E-state index in [4.69, 9.17) is 4.98 Å². The van der Waals surface area contributed by atoms with E-state index in [0.717, 1.165) is 62.1 Å². The van der Waals surface area contributed by atoms with Crippen molar-refractivity contribution in [1.82, 2.24) is 9.55 Å². The molecule has 0 saturated carbocycles. The molecular weight excluding hydrogens is 631 g/mol. The molecule has 52 heavy (non-hydrogen) atoms. The van der Waals surface area contributed by atoms with Crippen molar-refractivity contribution < 1.29 is 0 Å². The molecule has 0 bridgehead atoms. The van der Waals surface area contributed by atoms with Gasteiger partial charge in [0, 0.05) is 38.9 Å². The van der Waals surface area contributed by atoms with Gasteiger partial charge in [0.15, 0.2) is 0 Å². The molecule has 10 rings (SSSR count). The second kappa shape index (κ2) is 12.4. The molecule has 0 saturated heterocycles. The van der Waals surface area contributed by atoms with E-state index in [2.05, 4.69) is 210 Å².